The molecule has 0 spiro atoms. The fourth-order valence-corrected chi connectivity index (χ4v) is 5.09. The summed E-state index contributed by atoms with van der Waals surface area (Å²) < 4.78 is 5.68. The van der Waals surface area contributed by atoms with E-state index in [9.17, 15) is 0 Å². The maximum absolute atomic E-state index is 5.68. The van der Waals surface area contributed by atoms with Crippen LogP contribution in [0.2, 0.25) is 0 Å². The molecule has 4 nitrogen and oxygen atoms in total. The SMILES string of the molecule is CCOc1ccc2[nH]cc(CCN=c3ccc(Cc4ccc5c(c4)=CCC(C)C=5C)cc(C)n3)c2c1. The van der Waals surface area contributed by atoms with Crippen molar-refractivity contribution in [2.45, 2.75) is 47.0 Å². The number of nitrogens with zero attached hydrogens (tertiary/aromatic N) is 2. The van der Waals surface area contributed by atoms with Gasteiger partial charge in [-0.2, -0.15) is 0 Å². The summed E-state index contributed by atoms with van der Waals surface area (Å²) >= 11 is 0. The second kappa shape index (κ2) is 10.5. The van der Waals surface area contributed by atoms with Crippen molar-refractivity contribution in [3.05, 3.63) is 99.1 Å². The monoisotopic (exact) mass is 477 g/mol. The lowest BCUT2D eigenvalue weighted by atomic mass is 9.90. The van der Waals surface area contributed by atoms with Crippen LogP contribution in [0.3, 0.4) is 0 Å². The fourth-order valence-electron chi connectivity index (χ4n) is 5.09. The van der Waals surface area contributed by atoms with Crippen molar-refractivity contribution in [3.8, 4) is 5.75 Å². The minimum atomic E-state index is 0.635. The summed E-state index contributed by atoms with van der Waals surface area (Å²) in [5.41, 5.74) is 8.24. The average molecular weight is 478 g/mol. The highest BCUT2D eigenvalue weighted by Crippen LogP contribution is 2.24. The van der Waals surface area contributed by atoms with E-state index in [0.717, 1.165) is 41.7 Å². The second-order valence-electron chi connectivity index (χ2n) is 9.87. The summed E-state index contributed by atoms with van der Waals surface area (Å²) in [5, 5.41) is 3.98. The molecule has 1 aliphatic rings. The topological polar surface area (TPSA) is 50.3 Å². The lowest BCUT2D eigenvalue weighted by molar-refractivity contribution is 0.340. The molecular weight excluding hydrogens is 442 g/mol. The molecule has 4 heteroatoms. The van der Waals surface area contributed by atoms with Crippen LogP contribution >= 0.6 is 0 Å². The van der Waals surface area contributed by atoms with Crippen molar-refractivity contribution in [2.24, 2.45) is 10.9 Å². The van der Waals surface area contributed by atoms with Gasteiger partial charge in [-0.05, 0) is 103 Å². The van der Waals surface area contributed by atoms with Crippen LogP contribution in [0, 0.1) is 12.8 Å². The largest absolute Gasteiger partial charge is 0.494 e. The van der Waals surface area contributed by atoms with Gasteiger partial charge < -0.3 is 9.72 Å². The van der Waals surface area contributed by atoms with Gasteiger partial charge in [0.2, 0.25) is 0 Å². The number of rotatable bonds is 7. The molecule has 0 amide bonds. The molecule has 0 bridgehead atoms. The molecule has 1 atom stereocenters. The van der Waals surface area contributed by atoms with Crippen LogP contribution in [-0.2, 0) is 12.8 Å². The van der Waals surface area contributed by atoms with Crippen molar-refractivity contribution in [1.82, 2.24) is 9.97 Å². The third kappa shape index (κ3) is 5.28. The highest BCUT2D eigenvalue weighted by Gasteiger charge is 2.09. The van der Waals surface area contributed by atoms with E-state index in [4.69, 9.17) is 14.7 Å². The van der Waals surface area contributed by atoms with Gasteiger partial charge in [0, 0.05) is 29.3 Å². The van der Waals surface area contributed by atoms with E-state index >= 15 is 0 Å². The first kappa shape index (κ1) is 24.1. The number of H-pyrrole nitrogens is 1. The quantitative estimate of drug-likeness (QED) is 0.407. The van der Waals surface area contributed by atoms with Crippen LogP contribution in [0.4, 0.5) is 0 Å². The number of nitrogens with one attached hydrogen (secondary N) is 1. The van der Waals surface area contributed by atoms with Crippen molar-refractivity contribution >= 4 is 22.6 Å². The Morgan fingerprint density at radius 3 is 2.72 bits per heavy atom. The molecule has 0 saturated heterocycles. The Bertz CT molecular complexity index is 1600. The predicted octanol–water partition coefficient (Wildman–Crippen LogP) is 5.00. The van der Waals surface area contributed by atoms with E-state index in [0.29, 0.717) is 19.1 Å². The van der Waals surface area contributed by atoms with E-state index in [1.165, 1.54) is 38.1 Å². The number of hydrogen-bond acceptors (Lipinski definition) is 3. The third-order valence-electron chi connectivity index (χ3n) is 7.22. The molecule has 0 aliphatic heterocycles. The first-order valence-corrected chi connectivity index (χ1v) is 13.0. The molecule has 2 heterocycles. The van der Waals surface area contributed by atoms with Gasteiger partial charge in [-0.1, -0.05) is 42.8 Å². The maximum Gasteiger partial charge on any atom is 0.147 e. The third-order valence-corrected chi connectivity index (χ3v) is 7.22. The Kier molecular flexibility index (Phi) is 7.04. The molecule has 2 aromatic heterocycles. The Morgan fingerprint density at radius 2 is 1.86 bits per heavy atom. The van der Waals surface area contributed by atoms with Crippen LogP contribution in [0.15, 0.2) is 65.8 Å². The van der Waals surface area contributed by atoms with Crippen LogP contribution < -0.4 is 20.7 Å². The van der Waals surface area contributed by atoms with E-state index in [2.05, 4.69) is 86.6 Å². The summed E-state index contributed by atoms with van der Waals surface area (Å²) in [7, 11) is 0. The van der Waals surface area contributed by atoms with Gasteiger partial charge in [-0.25, -0.2) is 4.98 Å². The second-order valence-corrected chi connectivity index (χ2v) is 9.87. The molecule has 1 N–H and O–H groups in total. The standard InChI is InChI=1S/C32H35N3O/c1-5-36-28-10-12-31-30(19-28)27(20-34-31)14-15-33-32-13-8-24(16-22(3)35-32)17-25-7-11-29-23(4)21(2)6-9-26(29)18-25/h7-13,16,18-21,34H,5-6,14-15,17H2,1-4H3. The van der Waals surface area contributed by atoms with Gasteiger partial charge in [-0.3, -0.25) is 4.99 Å². The smallest absolute Gasteiger partial charge is 0.147 e. The highest BCUT2D eigenvalue weighted by molar-refractivity contribution is 5.84. The predicted molar refractivity (Wildman–Crippen MR) is 148 cm³/mol. The molecule has 184 valence electrons. The first-order valence-electron chi connectivity index (χ1n) is 13.0. The first-order chi connectivity index (χ1) is 17.5. The number of aryl methyl sites for hydroxylation is 1. The lowest BCUT2D eigenvalue weighted by Crippen LogP contribution is -2.31. The Balaban J connectivity index is 1.33. The molecule has 2 aromatic carbocycles. The van der Waals surface area contributed by atoms with E-state index < -0.39 is 0 Å². The van der Waals surface area contributed by atoms with Gasteiger partial charge >= 0.3 is 0 Å². The molecule has 4 aromatic rings. The van der Waals surface area contributed by atoms with Gasteiger partial charge in [0.25, 0.3) is 0 Å². The van der Waals surface area contributed by atoms with E-state index in [-0.39, 0.29) is 0 Å². The number of aromatic amines is 1. The molecule has 5 rings (SSSR count). The molecule has 1 unspecified atom stereocenters. The Hall–Kier alpha value is -3.66. The Labute approximate surface area is 213 Å². The van der Waals surface area contributed by atoms with Crippen molar-refractivity contribution in [2.75, 3.05) is 13.2 Å². The molecule has 0 saturated carbocycles. The number of fused-ring (bicyclic) bond motifs is 2. The number of benzene rings is 2. The summed E-state index contributed by atoms with van der Waals surface area (Å²) in [6.45, 7) is 9.99. The number of ether oxygens (including phenoxy) is 1. The fraction of sp³-hybridized carbons (Fsp3) is 0.312. The van der Waals surface area contributed by atoms with Gasteiger partial charge in [0.1, 0.15) is 11.2 Å². The van der Waals surface area contributed by atoms with Gasteiger partial charge in [0.05, 0.1) is 6.61 Å². The van der Waals surface area contributed by atoms with Crippen molar-refractivity contribution < 1.29 is 4.74 Å². The van der Waals surface area contributed by atoms with E-state index in [1.807, 2.05) is 13.0 Å². The maximum atomic E-state index is 5.68. The normalized spacial score (nSPS) is 15.6. The molecule has 1 aliphatic carbocycles. The highest BCUT2D eigenvalue weighted by atomic mass is 16.5. The summed E-state index contributed by atoms with van der Waals surface area (Å²) in [6.07, 6.45) is 7.33. The van der Waals surface area contributed by atoms with Crippen molar-refractivity contribution in [1.29, 1.82) is 0 Å². The molecule has 0 radical (unpaired) electrons. The summed E-state index contributed by atoms with van der Waals surface area (Å²) in [5.74, 6) is 1.54. The van der Waals surface area contributed by atoms with Gasteiger partial charge in [-0.15, -0.1) is 0 Å². The summed E-state index contributed by atoms with van der Waals surface area (Å²) in [4.78, 5) is 12.9. The average Bonchev–Trinajstić information content (AvgIpc) is 3.17. The zero-order chi connectivity index (χ0) is 25.1. The lowest BCUT2D eigenvalue weighted by Gasteiger charge is -2.15. The molecular formula is C32H35N3O. The zero-order valence-electron chi connectivity index (χ0n) is 21.8. The van der Waals surface area contributed by atoms with Crippen LogP contribution in [0.25, 0.3) is 22.6 Å². The minimum absolute atomic E-state index is 0.635. The number of hydrogen-bond donors (Lipinski definition) is 1. The summed E-state index contributed by atoms with van der Waals surface area (Å²) in [6, 6.07) is 19.5. The van der Waals surface area contributed by atoms with Crippen LogP contribution in [-0.4, -0.2) is 23.1 Å². The van der Waals surface area contributed by atoms with Crippen LogP contribution in [0.5, 0.6) is 5.75 Å². The molecule has 36 heavy (non-hydrogen) atoms. The molecule has 0 fully saturated rings. The van der Waals surface area contributed by atoms with Crippen molar-refractivity contribution in [3.63, 3.8) is 0 Å². The number of aromatic nitrogens is 2. The zero-order valence-corrected chi connectivity index (χ0v) is 21.8. The van der Waals surface area contributed by atoms with Gasteiger partial charge in [0.15, 0.2) is 0 Å². The van der Waals surface area contributed by atoms with Crippen LogP contribution in [0.1, 0.15) is 49.6 Å². The van der Waals surface area contributed by atoms with E-state index in [1.54, 1.807) is 0 Å². The minimum Gasteiger partial charge on any atom is -0.494 e. The Morgan fingerprint density at radius 1 is 1.03 bits per heavy atom.